The summed E-state index contributed by atoms with van der Waals surface area (Å²) >= 11 is 11.8. The van der Waals surface area contributed by atoms with Crippen molar-refractivity contribution in [2.24, 2.45) is 0 Å². The summed E-state index contributed by atoms with van der Waals surface area (Å²) in [5.41, 5.74) is -0.413. The van der Waals surface area contributed by atoms with Crippen LogP contribution in [0.4, 0.5) is 13.2 Å². The van der Waals surface area contributed by atoms with E-state index in [2.05, 4.69) is 4.72 Å². The van der Waals surface area contributed by atoms with Crippen LogP contribution in [0, 0.1) is 0 Å². The molecule has 0 amide bonds. The van der Waals surface area contributed by atoms with Gasteiger partial charge in [-0.05, 0) is 23.8 Å². The van der Waals surface area contributed by atoms with Crippen molar-refractivity contribution in [3.05, 3.63) is 69.2 Å². The monoisotopic (exact) mass is 397 g/mol. The number of benzene rings is 2. The van der Waals surface area contributed by atoms with Crippen LogP contribution in [0.25, 0.3) is 0 Å². The van der Waals surface area contributed by atoms with E-state index >= 15 is 0 Å². The molecular weight excluding hydrogens is 386 g/mol. The molecule has 3 nitrogen and oxygen atoms in total. The van der Waals surface area contributed by atoms with E-state index in [1.54, 1.807) is 6.07 Å². The highest BCUT2D eigenvalue weighted by Gasteiger charge is 2.30. The second-order valence-electron chi connectivity index (χ2n) is 4.98. The predicted octanol–water partition coefficient (Wildman–Crippen LogP) is 4.63. The molecule has 0 bridgehead atoms. The van der Waals surface area contributed by atoms with Crippen molar-refractivity contribution in [2.45, 2.75) is 18.5 Å². The Balaban J connectivity index is 2.11. The van der Waals surface area contributed by atoms with E-state index in [9.17, 15) is 21.6 Å². The molecule has 2 aromatic carbocycles. The third kappa shape index (κ3) is 5.11. The minimum absolute atomic E-state index is 0.193. The van der Waals surface area contributed by atoms with Gasteiger partial charge in [-0.1, -0.05) is 47.5 Å². The fourth-order valence-electron chi connectivity index (χ4n) is 1.96. The number of alkyl halides is 3. The van der Waals surface area contributed by atoms with Crippen LogP contribution in [-0.4, -0.2) is 8.42 Å². The Bertz CT molecular complexity index is 819. The molecule has 0 aliphatic heterocycles. The molecule has 0 unspecified atom stereocenters. The summed E-state index contributed by atoms with van der Waals surface area (Å²) in [6.45, 7) is -0.270. The summed E-state index contributed by atoms with van der Waals surface area (Å²) in [5.74, 6) is -0.468. The maximum Gasteiger partial charge on any atom is 0.416 e. The Hall–Kier alpha value is -1.28. The van der Waals surface area contributed by atoms with E-state index in [4.69, 9.17) is 23.2 Å². The molecule has 2 rings (SSSR count). The first-order valence-corrected chi connectivity index (χ1v) is 9.06. The number of halogens is 5. The Morgan fingerprint density at radius 1 is 1.00 bits per heavy atom. The third-order valence-corrected chi connectivity index (χ3v) is 5.11. The molecule has 9 heteroatoms. The number of hydrogen-bond donors (Lipinski definition) is 1. The topological polar surface area (TPSA) is 46.2 Å². The predicted molar refractivity (Wildman–Crippen MR) is 87.4 cm³/mol. The average molecular weight is 398 g/mol. The molecule has 0 heterocycles. The van der Waals surface area contributed by atoms with Gasteiger partial charge in [0, 0.05) is 22.2 Å². The number of rotatable bonds is 5. The molecular formula is C15H12Cl2F3NO2S. The lowest BCUT2D eigenvalue weighted by molar-refractivity contribution is -0.137. The van der Waals surface area contributed by atoms with Crippen LogP contribution in [0.3, 0.4) is 0 Å². The van der Waals surface area contributed by atoms with Crippen molar-refractivity contribution in [2.75, 3.05) is 0 Å². The zero-order valence-electron chi connectivity index (χ0n) is 12.1. The Labute approximate surface area is 147 Å². The maximum absolute atomic E-state index is 12.7. The maximum atomic E-state index is 12.7. The SMILES string of the molecule is O=S(=O)(Cc1c(Cl)cccc1Cl)NCc1cccc(C(F)(F)F)c1. The van der Waals surface area contributed by atoms with E-state index < -0.39 is 27.5 Å². The lowest BCUT2D eigenvalue weighted by Crippen LogP contribution is -2.25. The summed E-state index contributed by atoms with van der Waals surface area (Å²) in [7, 11) is -3.83. The highest BCUT2D eigenvalue weighted by atomic mass is 35.5. The summed E-state index contributed by atoms with van der Waals surface area (Å²) in [5, 5.41) is 0.402. The minimum Gasteiger partial charge on any atom is -0.212 e. The first-order chi connectivity index (χ1) is 11.1. The van der Waals surface area contributed by atoms with Gasteiger partial charge in [-0.3, -0.25) is 0 Å². The van der Waals surface area contributed by atoms with Gasteiger partial charge < -0.3 is 0 Å². The Morgan fingerprint density at radius 3 is 2.17 bits per heavy atom. The smallest absolute Gasteiger partial charge is 0.212 e. The van der Waals surface area contributed by atoms with E-state index in [1.165, 1.54) is 24.3 Å². The molecule has 0 saturated heterocycles. The van der Waals surface area contributed by atoms with Crippen molar-refractivity contribution in [1.29, 1.82) is 0 Å². The molecule has 0 aliphatic rings. The van der Waals surface area contributed by atoms with Crippen LogP contribution in [0.2, 0.25) is 10.0 Å². The molecule has 1 N–H and O–H groups in total. The highest BCUT2D eigenvalue weighted by molar-refractivity contribution is 7.88. The van der Waals surface area contributed by atoms with Gasteiger partial charge in [0.2, 0.25) is 10.0 Å². The average Bonchev–Trinajstić information content (AvgIpc) is 2.49. The van der Waals surface area contributed by atoms with Gasteiger partial charge in [-0.25, -0.2) is 13.1 Å². The lowest BCUT2D eigenvalue weighted by Gasteiger charge is -2.11. The molecule has 0 atom stereocenters. The van der Waals surface area contributed by atoms with Crippen LogP contribution in [-0.2, 0) is 28.5 Å². The Kier molecular flexibility index (Phi) is 5.80. The largest absolute Gasteiger partial charge is 0.416 e. The molecule has 0 aromatic heterocycles. The number of nitrogens with one attached hydrogen (secondary N) is 1. The first kappa shape index (κ1) is 19.1. The van der Waals surface area contributed by atoms with Crippen molar-refractivity contribution < 1.29 is 21.6 Å². The molecule has 0 spiro atoms. The quantitative estimate of drug-likeness (QED) is 0.798. The van der Waals surface area contributed by atoms with Crippen LogP contribution in [0.5, 0.6) is 0 Å². The summed E-state index contributed by atoms with van der Waals surface area (Å²) in [6.07, 6.45) is -4.49. The van der Waals surface area contributed by atoms with Crippen molar-refractivity contribution in [1.82, 2.24) is 4.72 Å². The van der Waals surface area contributed by atoms with Crippen LogP contribution in [0.15, 0.2) is 42.5 Å². The van der Waals surface area contributed by atoms with Crippen LogP contribution >= 0.6 is 23.2 Å². The highest BCUT2D eigenvalue weighted by Crippen LogP contribution is 2.29. The number of hydrogen-bond acceptors (Lipinski definition) is 2. The fraction of sp³-hybridized carbons (Fsp3) is 0.200. The zero-order valence-corrected chi connectivity index (χ0v) is 14.4. The molecule has 24 heavy (non-hydrogen) atoms. The van der Waals surface area contributed by atoms with E-state index in [1.807, 2.05) is 0 Å². The van der Waals surface area contributed by atoms with Gasteiger partial charge in [-0.2, -0.15) is 13.2 Å². The molecule has 0 radical (unpaired) electrons. The second kappa shape index (κ2) is 7.31. The zero-order chi connectivity index (χ0) is 18.0. The third-order valence-electron chi connectivity index (χ3n) is 3.15. The summed E-state index contributed by atoms with van der Waals surface area (Å²) in [4.78, 5) is 0. The number of sulfonamides is 1. The first-order valence-electron chi connectivity index (χ1n) is 6.65. The van der Waals surface area contributed by atoms with Crippen molar-refractivity contribution in [3.8, 4) is 0 Å². The van der Waals surface area contributed by atoms with E-state index in [0.29, 0.717) is 0 Å². The summed E-state index contributed by atoms with van der Waals surface area (Å²) < 4.78 is 64.4. The van der Waals surface area contributed by atoms with E-state index in [0.717, 1.165) is 12.1 Å². The van der Waals surface area contributed by atoms with Crippen LogP contribution in [0.1, 0.15) is 16.7 Å². The van der Waals surface area contributed by atoms with Crippen LogP contribution < -0.4 is 4.72 Å². The van der Waals surface area contributed by atoms with Gasteiger partial charge in [-0.15, -0.1) is 0 Å². The molecule has 0 fully saturated rings. The van der Waals surface area contributed by atoms with Gasteiger partial charge in [0.25, 0.3) is 0 Å². The van der Waals surface area contributed by atoms with Gasteiger partial charge in [0.15, 0.2) is 0 Å². The minimum atomic E-state index is -4.49. The summed E-state index contributed by atoms with van der Waals surface area (Å²) in [6, 6.07) is 9.02. The van der Waals surface area contributed by atoms with Gasteiger partial charge in [0.1, 0.15) is 0 Å². The standard InChI is InChI=1S/C15H12Cl2F3NO2S/c16-13-5-2-6-14(17)12(13)9-24(22,23)21-8-10-3-1-4-11(7-10)15(18,19)20/h1-7,21H,8-9H2. The second-order valence-corrected chi connectivity index (χ2v) is 7.60. The Morgan fingerprint density at radius 2 is 1.58 bits per heavy atom. The van der Waals surface area contributed by atoms with Gasteiger partial charge in [0.05, 0.1) is 11.3 Å². The molecule has 0 aliphatic carbocycles. The molecule has 130 valence electrons. The van der Waals surface area contributed by atoms with E-state index in [-0.39, 0.29) is 27.7 Å². The normalized spacial score (nSPS) is 12.4. The van der Waals surface area contributed by atoms with Gasteiger partial charge >= 0.3 is 6.18 Å². The molecule has 2 aromatic rings. The fourth-order valence-corrected chi connectivity index (χ4v) is 3.83. The molecule has 0 saturated carbocycles. The lowest BCUT2D eigenvalue weighted by atomic mass is 10.1. The van der Waals surface area contributed by atoms with Crippen molar-refractivity contribution >= 4 is 33.2 Å². The van der Waals surface area contributed by atoms with Crippen molar-refractivity contribution in [3.63, 3.8) is 0 Å².